The van der Waals surface area contributed by atoms with Gasteiger partial charge in [0.15, 0.2) is 0 Å². The minimum absolute atomic E-state index is 0.380. The summed E-state index contributed by atoms with van der Waals surface area (Å²) in [7, 11) is 0. The minimum atomic E-state index is -3.95. The molecule has 0 saturated heterocycles. The van der Waals surface area contributed by atoms with Crippen molar-refractivity contribution in [3.05, 3.63) is 0 Å². The summed E-state index contributed by atoms with van der Waals surface area (Å²) in [6.45, 7) is 0. The molecule has 0 aliphatic heterocycles. The normalized spacial score (nSPS) is 39.2. The number of rotatable bonds is 0. The number of alkyl halides is 3. The van der Waals surface area contributed by atoms with Gasteiger partial charge in [-0.25, -0.2) is 0 Å². The van der Waals surface area contributed by atoms with Crippen molar-refractivity contribution in [2.45, 2.75) is 51.1 Å². The molecule has 0 amide bonds. The molecule has 2 aliphatic carbocycles. The van der Waals surface area contributed by atoms with Crippen LogP contribution in [0.25, 0.3) is 0 Å². The summed E-state index contributed by atoms with van der Waals surface area (Å²) in [5.74, 6) is 0.220. The van der Waals surface area contributed by atoms with Crippen molar-refractivity contribution >= 4 is 0 Å². The Morgan fingerprint density at radius 3 is 1.64 bits per heavy atom. The highest BCUT2D eigenvalue weighted by Gasteiger charge is 2.42. The molecule has 82 valence electrons. The fraction of sp³-hybridized carbons (Fsp3) is 1.00. The molecular weight excluding hydrogens is 189 g/mol. The van der Waals surface area contributed by atoms with Gasteiger partial charge >= 0.3 is 6.18 Å². The first kappa shape index (κ1) is 10.3. The summed E-state index contributed by atoms with van der Waals surface area (Å²) in [5.41, 5.74) is 0. The second-order valence-electron chi connectivity index (χ2n) is 4.84. The molecule has 2 atom stereocenters. The Labute approximate surface area is 82.9 Å². The first-order valence-corrected chi connectivity index (χ1v) is 5.64. The highest BCUT2D eigenvalue weighted by atomic mass is 19.4. The van der Waals surface area contributed by atoms with Crippen LogP contribution in [0.3, 0.4) is 0 Å². The average molecular weight is 206 g/mol. The lowest BCUT2D eigenvalue weighted by Gasteiger charge is -2.17. The lowest BCUT2D eigenvalue weighted by atomic mass is 9.92. The van der Waals surface area contributed by atoms with E-state index < -0.39 is 12.1 Å². The van der Waals surface area contributed by atoms with Gasteiger partial charge in [0, 0.05) is 0 Å². The molecule has 0 aromatic carbocycles. The smallest absolute Gasteiger partial charge is 0.171 e. The molecule has 3 heteroatoms. The van der Waals surface area contributed by atoms with E-state index in [0.29, 0.717) is 24.7 Å². The van der Waals surface area contributed by atoms with E-state index in [2.05, 4.69) is 0 Å². The second kappa shape index (κ2) is 3.74. The molecule has 2 unspecified atom stereocenters. The molecule has 14 heavy (non-hydrogen) atoms. The van der Waals surface area contributed by atoms with E-state index in [9.17, 15) is 13.2 Å². The standard InChI is InChI=1S/C11H17F3/c12-11(13,14)10-6-4-8-2-1-3-9(8)5-7-10/h8-10H,1-7H2. The van der Waals surface area contributed by atoms with Gasteiger partial charge in [0.1, 0.15) is 0 Å². The zero-order valence-corrected chi connectivity index (χ0v) is 8.32. The first-order valence-electron chi connectivity index (χ1n) is 5.64. The van der Waals surface area contributed by atoms with Crippen LogP contribution in [0.1, 0.15) is 44.9 Å². The molecule has 2 saturated carbocycles. The quantitative estimate of drug-likeness (QED) is 0.558. The van der Waals surface area contributed by atoms with Crippen LogP contribution in [0.15, 0.2) is 0 Å². The molecule has 0 aromatic heterocycles. The van der Waals surface area contributed by atoms with Crippen molar-refractivity contribution in [1.82, 2.24) is 0 Å². The average Bonchev–Trinajstić information content (AvgIpc) is 2.42. The molecule has 2 aliphatic rings. The SMILES string of the molecule is FC(F)(F)C1CCC2CCCC2CC1. The Balaban J connectivity index is 1.96. The van der Waals surface area contributed by atoms with Gasteiger partial charge < -0.3 is 0 Å². The molecule has 0 bridgehead atoms. The Kier molecular flexibility index (Phi) is 2.76. The highest BCUT2D eigenvalue weighted by Crippen LogP contribution is 2.45. The van der Waals surface area contributed by atoms with Gasteiger partial charge in [-0.2, -0.15) is 13.2 Å². The third-order valence-electron chi connectivity index (χ3n) is 4.05. The molecule has 0 aromatic rings. The van der Waals surface area contributed by atoms with Crippen molar-refractivity contribution in [2.24, 2.45) is 17.8 Å². The van der Waals surface area contributed by atoms with E-state index in [1.807, 2.05) is 0 Å². The molecule has 2 fully saturated rings. The van der Waals surface area contributed by atoms with Crippen molar-refractivity contribution in [1.29, 1.82) is 0 Å². The number of hydrogen-bond donors (Lipinski definition) is 0. The fourth-order valence-electron chi connectivity index (χ4n) is 3.18. The summed E-state index contributed by atoms with van der Waals surface area (Å²) in [6.07, 6.45) is 2.04. The van der Waals surface area contributed by atoms with Crippen molar-refractivity contribution < 1.29 is 13.2 Å². The van der Waals surface area contributed by atoms with E-state index in [1.54, 1.807) is 0 Å². The molecule has 0 radical (unpaired) electrons. The Bertz CT molecular complexity index is 183. The van der Waals surface area contributed by atoms with E-state index in [4.69, 9.17) is 0 Å². The Hall–Kier alpha value is -0.210. The molecule has 0 heterocycles. The van der Waals surface area contributed by atoms with E-state index in [1.165, 1.54) is 19.3 Å². The van der Waals surface area contributed by atoms with E-state index >= 15 is 0 Å². The predicted molar refractivity (Wildman–Crippen MR) is 48.8 cm³/mol. The second-order valence-corrected chi connectivity index (χ2v) is 4.84. The molecule has 0 spiro atoms. The van der Waals surface area contributed by atoms with E-state index in [-0.39, 0.29) is 0 Å². The largest absolute Gasteiger partial charge is 0.391 e. The van der Waals surface area contributed by atoms with Crippen LogP contribution in [0.5, 0.6) is 0 Å². The summed E-state index contributed by atoms with van der Waals surface area (Å²) in [4.78, 5) is 0. The number of hydrogen-bond acceptors (Lipinski definition) is 0. The van der Waals surface area contributed by atoms with Crippen LogP contribution in [-0.2, 0) is 0 Å². The van der Waals surface area contributed by atoms with Gasteiger partial charge in [0.2, 0.25) is 0 Å². The lowest BCUT2D eigenvalue weighted by Crippen LogP contribution is -2.22. The summed E-state index contributed by atoms with van der Waals surface area (Å²) in [5, 5.41) is 0. The molecular formula is C11H17F3. The third-order valence-corrected chi connectivity index (χ3v) is 4.05. The van der Waals surface area contributed by atoms with Crippen LogP contribution in [0.4, 0.5) is 13.2 Å². The maximum atomic E-state index is 12.5. The zero-order valence-electron chi connectivity index (χ0n) is 8.32. The maximum Gasteiger partial charge on any atom is 0.391 e. The topological polar surface area (TPSA) is 0 Å². The van der Waals surface area contributed by atoms with Gasteiger partial charge in [0.05, 0.1) is 5.92 Å². The van der Waals surface area contributed by atoms with E-state index in [0.717, 1.165) is 12.8 Å². The van der Waals surface area contributed by atoms with Crippen LogP contribution in [-0.4, -0.2) is 6.18 Å². The van der Waals surface area contributed by atoms with Crippen LogP contribution in [0, 0.1) is 17.8 Å². The summed E-state index contributed by atoms with van der Waals surface area (Å²) in [6, 6.07) is 0. The molecule has 2 rings (SSSR count). The van der Waals surface area contributed by atoms with Gasteiger partial charge in [-0.1, -0.05) is 19.3 Å². The summed E-state index contributed by atoms with van der Waals surface area (Å²) >= 11 is 0. The van der Waals surface area contributed by atoms with Crippen molar-refractivity contribution in [3.63, 3.8) is 0 Å². The Morgan fingerprint density at radius 1 is 0.714 bits per heavy atom. The zero-order chi connectivity index (χ0) is 10.2. The monoisotopic (exact) mass is 206 g/mol. The van der Waals surface area contributed by atoms with Gasteiger partial charge in [-0.05, 0) is 37.5 Å². The predicted octanol–water partition coefficient (Wildman–Crippen LogP) is 4.16. The third kappa shape index (κ3) is 2.06. The van der Waals surface area contributed by atoms with Gasteiger partial charge in [-0.15, -0.1) is 0 Å². The first-order chi connectivity index (χ1) is 6.57. The Morgan fingerprint density at radius 2 is 1.21 bits per heavy atom. The van der Waals surface area contributed by atoms with Crippen molar-refractivity contribution in [3.8, 4) is 0 Å². The van der Waals surface area contributed by atoms with Crippen LogP contribution < -0.4 is 0 Å². The number of halogens is 3. The summed E-state index contributed by atoms with van der Waals surface area (Å²) < 4.78 is 37.5. The van der Waals surface area contributed by atoms with Crippen molar-refractivity contribution in [2.75, 3.05) is 0 Å². The lowest BCUT2D eigenvalue weighted by molar-refractivity contribution is -0.177. The van der Waals surface area contributed by atoms with Crippen LogP contribution in [0.2, 0.25) is 0 Å². The molecule has 0 N–H and O–H groups in total. The number of fused-ring (bicyclic) bond motifs is 1. The fourth-order valence-corrected chi connectivity index (χ4v) is 3.18. The maximum absolute atomic E-state index is 12.5. The van der Waals surface area contributed by atoms with Crippen LogP contribution >= 0.6 is 0 Å². The van der Waals surface area contributed by atoms with Gasteiger partial charge in [-0.3, -0.25) is 0 Å². The van der Waals surface area contributed by atoms with Gasteiger partial charge in [0.25, 0.3) is 0 Å². The molecule has 0 nitrogen and oxygen atoms in total. The minimum Gasteiger partial charge on any atom is -0.171 e. The highest BCUT2D eigenvalue weighted by molar-refractivity contribution is 4.84.